The molecule has 1 unspecified atom stereocenters. The normalized spacial score (nSPS) is 13.4. The van der Waals surface area contributed by atoms with E-state index in [1.807, 2.05) is 19.1 Å². The van der Waals surface area contributed by atoms with E-state index in [2.05, 4.69) is 0 Å². The molecular formula is C13H15NO2S2. The Labute approximate surface area is 111 Å². The number of rotatable bonds is 4. The van der Waals surface area contributed by atoms with E-state index in [-0.39, 0.29) is 6.54 Å². The van der Waals surface area contributed by atoms with Gasteiger partial charge in [0.05, 0.1) is 4.90 Å². The maximum absolute atomic E-state index is 12.5. The first kappa shape index (κ1) is 13.3. The van der Waals surface area contributed by atoms with E-state index < -0.39 is 15.1 Å². The third kappa shape index (κ3) is 2.48. The summed E-state index contributed by atoms with van der Waals surface area (Å²) in [4.78, 5) is 2.22. The Bertz CT molecular complexity index is 617. The average molecular weight is 281 g/mol. The van der Waals surface area contributed by atoms with Crippen molar-refractivity contribution in [3.05, 3.63) is 52.2 Å². The van der Waals surface area contributed by atoms with E-state index in [1.54, 1.807) is 30.3 Å². The largest absolute Gasteiger partial charge is 0.329 e. The zero-order valence-corrected chi connectivity index (χ0v) is 11.7. The van der Waals surface area contributed by atoms with Gasteiger partial charge in [0, 0.05) is 16.3 Å². The minimum Gasteiger partial charge on any atom is -0.329 e. The van der Waals surface area contributed by atoms with Gasteiger partial charge in [0.25, 0.3) is 0 Å². The van der Waals surface area contributed by atoms with Crippen LogP contribution in [0, 0.1) is 6.92 Å². The molecule has 0 radical (unpaired) electrons. The van der Waals surface area contributed by atoms with Crippen LogP contribution in [0.15, 0.2) is 47.4 Å². The molecule has 3 nitrogen and oxygen atoms in total. The predicted molar refractivity (Wildman–Crippen MR) is 74.5 cm³/mol. The van der Waals surface area contributed by atoms with Crippen LogP contribution in [-0.2, 0) is 9.84 Å². The molecule has 5 heteroatoms. The van der Waals surface area contributed by atoms with E-state index in [9.17, 15) is 8.42 Å². The molecule has 0 spiro atoms. The second kappa shape index (κ2) is 5.22. The van der Waals surface area contributed by atoms with E-state index in [0.717, 1.165) is 9.75 Å². The number of aryl methyl sites for hydroxylation is 1. The highest BCUT2D eigenvalue weighted by Gasteiger charge is 2.28. The fourth-order valence-electron chi connectivity index (χ4n) is 1.80. The molecule has 0 bridgehead atoms. The number of sulfone groups is 1. The van der Waals surface area contributed by atoms with Crippen molar-refractivity contribution in [2.45, 2.75) is 17.1 Å². The highest BCUT2D eigenvalue weighted by Crippen LogP contribution is 2.32. The van der Waals surface area contributed by atoms with Gasteiger partial charge >= 0.3 is 0 Å². The molecule has 96 valence electrons. The first-order valence-corrected chi connectivity index (χ1v) is 7.97. The summed E-state index contributed by atoms with van der Waals surface area (Å²) >= 11 is 1.48. The van der Waals surface area contributed by atoms with E-state index in [1.165, 1.54) is 11.3 Å². The van der Waals surface area contributed by atoms with E-state index in [4.69, 9.17) is 5.73 Å². The summed E-state index contributed by atoms with van der Waals surface area (Å²) in [5.41, 5.74) is 5.67. The van der Waals surface area contributed by atoms with Gasteiger partial charge in [0.15, 0.2) is 9.84 Å². The molecule has 2 N–H and O–H groups in total. The molecule has 1 aromatic carbocycles. The smallest absolute Gasteiger partial charge is 0.187 e. The van der Waals surface area contributed by atoms with E-state index >= 15 is 0 Å². The van der Waals surface area contributed by atoms with Gasteiger partial charge in [-0.15, -0.1) is 11.3 Å². The minimum absolute atomic E-state index is 0.0944. The Morgan fingerprint density at radius 2 is 1.83 bits per heavy atom. The van der Waals surface area contributed by atoms with E-state index in [0.29, 0.717) is 4.90 Å². The molecule has 0 aliphatic heterocycles. The Morgan fingerprint density at radius 3 is 2.33 bits per heavy atom. The standard InChI is InChI=1S/C13H15NO2S2/c1-10-7-8-12(17-10)13(9-14)18(15,16)11-5-3-2-4-6-11/h2-8,13H,9,14H2,1H3. The van der Waals surface area contributed by atoms with Crippen LogP contribution in [0.2, 0.25) is 0 Å². The second-order valence-corrected chi connectivity index (χ2v) is 7.48. The highest BCUT2D eigenvalue weighted by atomic mass is 32.2. The van der Waals surface area contributed by atoms with Gasteiger partial charge < -0.3 is 5.73 Å². The third-order valence-electron chi connectivity index (χ3n) is 2.74. The van der Waals surface area contributed by atoms with Crippen molar-refractivity contribution in [1.82, 2.24) is 0 Å². The Hall–Kier alpha value is -1.17. The molecule has 1 heterocycles. The topological polar surface area (TPSA) is 60.2 Å². The minimum atomic E-state index is -3.41. The van der Waals surface area contributed by atoms with Crippen molar-refractivity contribution in [1.29, 1.82) is 0 Å². The molecule has 0 saturated carbocycles. The lowest BCUT2D eigenvalue weighted by Crippen LogP contribution is -2.21. The van der Waals surface area contributed by atoms with Crippen LogP contribution < -0.4 is 5.73 Å². The number of hydrogen-bond acceptors (Lipinski definition) is 4. The molecule has 0 saturated heterocycles. The molecule has 2 aromatic rings. The molecule has 1 atom stereocenters. The summed E-state index contributed by atoms with van der Waals surface area (Å²) in [5, 5.41) is -0.654. The van der Waals surface area contributed by atoms with Gasteiger partial charge in [-0.05, 0) is 31.2 Å². The van der Waals surface area contributed by atoms with Crippen LogP contribution in [0.3, 0.4) is 0 Å². The van der Waals surface area contributed by atoms with Crippen molar-refractivity contribution >= 4 is 21.2 Å². The number of hydrogen-bond donors (Lipinski definition) is 1. The monoisotopic (exact) mass is 281 g/mol. The summed E-state index contributed by atoms with van der Waals surface area (Å²) in [6.07, 6.45) is 0. The average Bonchev–Trinajstić information content (AvgIpc) is 2.77. The quantitative estimate of drug-likeness (QED) is 0.936. The molecule has 0 aliphatic rings. The highest BCUT2D eigenvalue weighted by molar-refractivity contribution is 7.91. The lowest BCUT2D eigenvalue weighted by molar-refractivity contribution is 0.583. The van der Waals surface area contributed by atoms with Crippen molar-refractivity contribution in [3.63, 3.8) is 0 Å². The van der Waals surface area contributed by atoms with Gasteiger partial charge in [-0.2, -0.15) is 0 Å². The summed E-state index contributed by atoms with van der Waals surface area (Å²) in [7, 11) is -3.41. The summed E-state index contributed by atoms with van der Waals surface area (Å²) in [6, 6.07) is 12.2. The molecule has 1 aromatic heterocycles. The van der Waals surface area contributed by atoms with Crippen LogP contribution >= 0.6 is 11.3 Å². The fraction of sp³-hybridized carbons (Fsp3) is 0.231. The van der Waals surface area contributed by atoms with Gasteiger partial charge in [-0.1, -0.05) is 18.2 Å². The van der Waals surface area contributed by atoms with Crippen molar-refractivity contribution < 1.29 is 8.42 Å². The van der Waals surface area contributed by atoms with Gasteiger partial charge in [0.2, 0.25) is 0 Å². The summed E-state index contributed by atoms with van der Waals surface area (Å²) in [6.45, 7) is 2.05. The van der Waals surface area contributed by atoms with Gasteiger partial charge in [-0.25, -0.2) is 8.42 Å². The van der Waals surface area contributed by atoms with Crippen LogP contribution in [0.25, 0.3) is 0 Å². The molecule has 0 aliphatic carbocycles. The Morgan fingerprint density at radius 1 is 1.17 bits per heavy atom. The molecule has 0 fully saturated rings. The molecule has 0 amide bonds. The first-order chi connectivity index (χ1) is 8.55. The molecule has 2 rings (SSSR count). The first-order valence-electron chi connectivity index (χ1n) is 5.61. The number of benzene rings is 1. The zero-order chi connectivity index (χ0) is 13.2. The Kier molecular flexibility index (Phi) is 3.85. The van der Waals surface area contributed by atoms with Crippen LogP contribution in [0.1, 0.15) is 15.0 Å². The molecular weight excluding hydrogens is 266 g/mol. The fourth-order valence-corrected chi connectivity index (χ4v) is 4.70. The predicted octanol–water partition coefficient (Wildman–Crippen LogP) is 2.53. The lowest BCUT2D eigenvalue weighted by Gasteiger charge is -2.14. The molecule has 18 heavy (non-hydrogen) atoms. The maximum atomic E-state index is 12.5. The zero-order valence-electron chi connectivity index (χ0n) is 10.0. The number of nitrogens with two attached hydrogens (primary N) is 1. The van der Waals surface area contributed by atoms with Crippen molar-refractivity contribution in [3.8, 4) is 0 Å². The van der Waals surface area contributed by atoms with Crippen molar-refractivity contribution in [2.75, 3.05) is 6.54 Å². The lowest BCUT2D eigenvalue weighted by atomic mass is 10.3. The summed E-state index contributed by atoms with van der Waals surface area (Å²) < 4.78 is 25.0. The van der Waals surface area contributed by atoms with Crippen molar-refractivity contribution in [2.24, 2.45) is 5.73 Å². The summed E-state index contributed by atoms with van der Waals surface area (Å²) in [5.74, 6) is 0. The van der Waals surface area contributed by atoms with Gasteiger partial charge in [0.1, 0.15) is 5.25 Å². The Balaban J connectivity index is 2.45. The van der Waals surface area contributed by atoms with Crippen LogP contribution in [0.4, 0.5) is 0 Å². The number of thiophene rings is 1. The maximum Gasteiger partial charge on any atom is 0.187 e. The van der Waals surface area contributed by atoms with Crippen LogP contribution in [-0.4, -0.2) is 15.0 Å². The third-order valence-corrected chi connectivity index (χ3v) is 6.13. The van der Waals surface area contributed by atoms with Crippen LogP contribution in [0.5, 0.6) is 0 Å². The van der Waals surface area contributed by atoms with Gasteiger partial charge in [-0.3, -0.25) is 0 Å². The SMILES string of the molecule is Cc1ccc(C(CN)S(=O)(=O)c2ccccc2)s1. The second-order valence-electron chi connectivity index (χ2n) is 4.03.